The van der Waals surface area contributed by atoms with Gasteiger partial charge in [0.05, 0.1) is 0 Å². The minimum Gasteiger partial charge on any atom is -0.462 e. The van der Waals surface area contributed by atoms with Crippen molar-refractivity contribution in [3.05, 3.63) is 72.9 Å². The molecule has 0 aliphatic heterocycles. The van der Waals surface area contributed by atoms with Crippen molar-refractivity contribution in [2.75, 3.05) is 13.2 Å². The summed E-state index contributed by atoms with van der Waals surface area (Å²) < 4.78 is 17.0. The highest BCUT2D eigenvalue weighted by atomic mass is 16.6. The van der Waals surface area contributed by atoms with E-state index in [-0.39, 0.29) is 31.1 Å². The van der Waals surface area contributed by atoms with E-state index in [1.165, 1.54) is 218 Å². The average molecular weight is 1090 g/mol. The summed E-state index contributed by atoms with van der Waals surface area (Å²) in [6.07, 6.45) is 86.2. The van der Waals surface area contributed by atoms with E-state index in [1.54, 1.807) is 0 Å². The summed E-state index contributed by atoms with van der Waals surface area (Å²) in [5.41, 5.74) is 0. The second kappa shape index (κ2) is 66.4. The molecule has 0 N–H and O–H groups in total. The first-order chi connectivity index (χ1) is 38.5. The molecule has 0 saturated carbocycles. The third-order valence-electron chi connectivity index (χ3n) is 14.9. The molecule has 0 radical (unpaired) electrons. The SMILES string of the molecule is CCCCCC/C=C\C/C=C\CCCCCCCC(=O)OCC(COC(=O)CCCCCCCCCCCCC/C=C\C/C=C\CCCCCCC)OC(=O)CCCCCCCCCCC/C=C\C/C=C\CCCCCCC. The van der Waals surface area contributed by atoms with Gasteiger partial charge in [-0.15, -0.1) is 0 Å². The molecule has 78 heavy (non-hydrogen) atoms. The number of unbranched alkanes of at least 4 members (excludes halogenated alkanes) is 39. The molecule has 0 aromatic heterocycles. The topological polar surface area (TPSA) is 78.9 Å². The van der Waals surface area contributed by atoms with Crippen molar-refractivity contribution in [2.24, 2.45) is 0 Å². The van der Waals surface area contributed by atoms with Gasteiger partial charge in [0.15, 0.2) is 6.10 Å². The van der Waals surface area contributed by atoms with Crippen LogP contribution in [0.3, 0.4) is 0 Å². The molecule has 1 atom stereocenters. The summed E-state index contributed by atoms with van der Waals surface area (Å²) in [6.45, 7) is 6.63. The first-order valence-corrected chi connectivity index (χ1v) is 33.9. The molecule has 0 aliphatic carbocycles. The lowest BCUT2D eigenvalue weighted by Gasteiger charge is -2.18. The predicted octanol–water partition coefficient (Wildman–Crippen LogP) is 23.3. The quantitative estimate of drug-likeness (QED) is 0.0261. The van der Waals surface area contributed by atoms with Crippen molar-refractivity contribution in [2.45, 2.75) is 354 Å². The Hall–Kier alpha value is -3.15. The summed E-state index contributed by atoms with van der Waals surface area (Å²) in [6, 6.07) is 0. The van der Waals surface area contributed by atoms with Gasteiger partial charge in [0.25, 0.3) is 0 Å². The largest absolute Gasteiger partial charge is 0.462 e. The Bertz CT molecular complexity index is 1440. The Labute approximate surface area is 484 Å². The van der Waals surface area contributed by atoms with Crippen LogP contribution in [-0.2, 0) is 28.6 Å². The van der Waals surface area contributed by atoms with Gasteiger partial charge in [-0.25, -0.2) is 0 Å². The van der Waals surface area contributed by atoms with Crippen molar-refractivity contribution >= 4 is 17.9 Å². The number of esters is 3. The van der Waals surface area contributed by atoms with E-state index in [0.717, 1.165) is 89.9 Å². The van der Waals surface area contributed by atoms with Crippen molar-refractivity contribution in [3.63, 3.8) is 0 Å². The van der Waals surface area contributed by atoms with Crippen molar-refractivity contribution in [3.8, 4) is 0 Å². The average Bonchev–Trinajstić information content (AvgIpc) is 3.44. The molecule has 0 rings (SSSR count). The van der Waals surface area contributed by atoms with Gasteiger partial charge in [0.1, 0.15) is 13.2 Å². The van der Waals surface area contributed by atoms with Crippen molar-refractivity contribution in [1.82, 2.24) is 0 Å². The molecule has 0 spiro atoms. The molecule has 0 heterocycles. The van der Waals surface area contributed by atoms with Gasteiger partial charge >= 0.3 is 17.9 Å². The number of hydrogen-bond donors (Lipinski definition) is 0. The Morgan fingerprint density at radius 2 is 0.462 bits per heavy atom. The van der Waals surface area contributed by atoms with Gasteiger partial charge in [0, 0.05) is 19.3 Å². The zero-order valence-corrected chi connectivity index (χ0v) is 51.9. The molecule has 452 valence electrons. The van der Waals surface area contributed by atoms with Crippen LogP contribution in [0.25, 0.3) is 0 Å². The maximum atomic E-state index is 12.9. The molecule has 0 saturated heterocycles. The number of hydrogen-bond acceptors (Lipinski definition) is 6. The molecule has 6 nitrogen and oxygen atoms in total. The number of carbonyl (C=O) groups excluding carboxylic acids is 3. The molecule has 1 unspecified atom stereocenters. The Morgan fingerprint density at radius 3 is 0.718 bits per heavy atom. The molecule has 0 aromatic carbocycles. The van der Waals surface area contributed by atoms with Gasteiger partial charge in [-0.3, -0.25) is 14.4 Å². The molecule has 0 fully saturated rings. The smallest absolute Gasteiger partial charge is 0.306 e. The van der Waals surface area contributed by atoms with Crippen LogP contribution in [0.1, 0.15) is 348 Å². The summed E-state index contributed by atoms with van der Waals surface area (Å²) in [5.74, 6) is -0.884. The van der Waals surface area contributed by atoms with Crippen LogP contribution in [-0.4, -0.2) is 37.2 Å². The normalized spacial score (nSPS) is 12.5. The van der Waals surface area contributed by atoms with E-state index >= 15 is 0 Å². The standard InChI is InChI=1S/C72H128O6/c1-4-7-10-13-16-19-22-25-28-31-33-35-36-38-39-41-44-47-50-53-56-59-62-65-71(74)77-68-69(67-76-70(73)64-61-58-55-52-49-46-43-30-27-24-21-18-15-12-9-6-3)78-72(75)66-63-60-57-54-51-48-45-42-40-37-34-32-29-26-23-20-17-14-11-8-5-2/h21-26,30-34,43,69H,4-20,27-29,35-42,44-68H2,1-3H3/b24-21-,25-22-,26-23-,33-31-,34-32-,43-30-. The number of carbonyl (C=O) groups is 3. The van der Waals surface area contributed by atoms with Crippen LogP contribution in [0, 0.1) is 0 Å². The minimum absolute atomic E-state index is 0.0811. The molecular formula is C72H128O6. The van der Waals surface area contributed by atoms with Gasteiger partial charge in [-0.1, -0.05) is 286 Å². The van der Waals surface area contributed by atoms with Crippen LogP contribution in [0.5, 0.6) is 0 Å². The highest BCUT2D eigenvalue weighted by Crippen LogP contribution is 2.16. The lowest BCUT2D eigenvalue weighted by atomic mass is 10.0. The monoisotopic (exact) mass is 1090 g/mol. The Kier molecular flexibility index (Phi) is 63.7. The van der Waals surface area contributed by atoms with E-state index in [1.807, 2.05) is 0 Å². The molecular weight excluding hydrogens is 961 g/mol. The van der Waals surface area contributed by atoms with E-state index in [0.29, 0.717) is 19.3 Å². The third-order valence-corrected chi connectivity index (χ3v) is 14.9. The van der Waals surface area contributed by atoms with E-state index in [9.17, 15) is 14.4 Å². The lowest BCUT2D eigenvalue weighted by Crippen LogP contribution is -2.30. The lowest BCUT2D eigenvalue weighted by molar-refractivity contribution is -0.167. The van der Waals surface area contributed by atoms with Crippen LogP contribution >= 0.6 is 0 Å². The summed E-state index contributed by atoms with van der Waals surface area (Å²) in [5, 5.41) is 0. The van der Waals surface area contributed by atoms with Crippen LogP contribution in [0.2, 0.25) is 0 Å². The number of ether oxygens (including phenoxy) is 3. The van der Waals surface area contributed by atoms with Gasteiger partial charge < -0.3 is 14.2 Å². The first kappa shape index (κ1) is 74.8. The second-order valence-electron chi connectivity index (χ2n) is 22.7. The molecule has 0 aliphatic rings. The molecule has 0 bridgehead atoms. The van der Waals surface area contributed by atoms with Crippen molar-refractivity contribution in [1.29, 1.82) is 0 Å². The second-order valence-corrected chi connectivity index (χ2v) is 22.7. The van der Waals surface area contributed by atoms with Crippen LogP contribution < -0.4 is 0 Å². The summed E-state index contributed by atoms with van der Waals surface area (Å²) in [4.78, 5) is 38.4. The zero-order valence-electron chi connectivity index (χ0n) is 51.9. The van der Waals surface area contributed by atoms with Crippen LogP contribution in [0.4, 0.5) is 0 Å². The van der Waals surface area contributed by atoms with Crippen LogP contribution in [0.15, 0.2) is 72.9 Å². The van der Waals surface area contributed by atoms with Gasteiger partial charge in [0.2, 0.25) is 0 Å². The molecule has 0 aromatic rings. The van der Waals surface area contributed by atoms with Gasteiger partial charge in [-0.05, 0) is 116 Å². The van der Waals surface area contributed by atoms with E-state index < -0.39 is 6.10 Å². The van der Waals surface area contributed by atoms with E-state index in [2.05, 4.69) is 93.7 Å². The maximum absolute atomic E-state index is 12.9. The van der Waals surface area contributed by atoms with E-state index in [4.69, 9.17) is 14.2 Å². The highest BCUT2D eigenvalue weighted by Gasteiger charge is 2.19. The van der Waals surface area contributed by atoms with Crippen molar-refractivity contribution < 1.29 is 28.6 Å². The fourth-order valence-corrected chi connectivity index (χ4v) is 9.77. The minimum atomic E-state index is -0.786. The third kappa shape index (κ3) is 63.7. The Balaban J connectivity index is 4.36. The highest BCUT2D eigenvalue weighted by molar-refractivity contribution is 5.71. The van der Waals surface area contributed by atoms with Gasteiger partial charge in [-0.2, -0.15) is 0 Å². The fraction of sp³-hybridized carbons (Fsp3) is 0.792. The fourth-order valence-electron chi connectivity index (χ4n) is 9.77. The summed E-state index contributed by atoms with van der Waals surface area (Å²) in [7, 11) is 0. The predicted molar refractivity (Wildman–Crippen MR) is 339 cm³/mol. The molecule has 0 amide bonds. The first-order valence-electron chi connectivity index (χ1n) is 33.9. The zero-order chi connectivity index (χ0) is 56.4. The number of allylic oxidation sites excluding steroid dienone is 12. The Morgan fingerprint density at radius 1 is 0.256 bits per heavy atom. The number of rotatable bonds is 62. The maximum Gasteiger partial charge on any atom is 0.306 e. The summed E-state index contributed by atoms with van der Waals surface area (Å²) >= 11 is 0. The molecule has 6 heteroatoms.